The average Bonchev–Trinajstić information content (AvgIpc) is 1.86. The molecule has 34 valence electrons. The third kappa shape index (κ3) is 0.839. The number of hydrogen-bond donors (Lipinski definition) is 0. The number of hydrogen-bond acceptors (Lipinski definition) is 0. The Morgan fingerprint density at radius 3 is 2.83 bits per heavy atom. The second kappa shape index (κ2) is 1.78. The fraction of sp³-hybridized carbons (Fsp3) is 0.200. The third-order valence-electron chi connectivity index (χ3n) is 0.752. The molecule has 0 atom stereocenters. The van der Waals surface area contributed by atoms with Crippen LogP contribution in [0.2, 0.25) is 0 Å². The van der Waals surface area contributed by atoms with E-state index in [4.69, 9.17) is 0 Å². The zero-order valence-corrected chi connectivity index (χ0v) is 6.60. The van der Waals surface area contributed by atoms with Crippen molar-refractivity contribution in [1.29, 1.82) is 0 Å². The van der Waals surface area contributed by atoms with Crippen LogP contribution in [0.25, 0.3) is 0 Å². The summed E-state index contributed by atoms with van der Waals surface area (Å²) in [6, 6.07) is 0. The Kier molecular flexibility index (Phi) is 1.30. The van der Waals surface area contributed by atoms with Crippen LogP contribution in [0.4, 0.5) is 0 Å². The van der Waals surface area contributed by atoms with Gasteiger partial charge in [-0.1, -0.05) is 0 Å². The fourth-order valence-corrected chi connectivity index (χ4v) is 1.12. The summed E-state index contributed by atoms with van der Waals surface area (Å²) >= 11 is 1.43. The summed E-state index contributed by atoms with van der Waals surface area (Å²) in [4.78, 5) is 0. The van der Waals surface area contributed by atoms with E-state index in [0.29, 0.717) is 0 Å². The molecule has 1 aliphatic carbocycles. The molecule has 0 radical (unpaired) electrons. The van der Waals surface area contributed by atoms with Crippen molar-refractivity contribution in [2.45, 2.75) is 6.42 Å². The summed E-state index contributed by atoms with van der Waals surface area (Å²) in [6.07, 6.45) is 7.71. The molecule has 0 nitrogen and oxygen atoms in total. The summed E-state index contributed by atoms with van der Waals surface area (Å²) in [5.74, 6) is 0. The number of allylic oxidation sites excluding steroid dienone is 4. The Hall–Kier alpha value is 0.220. The van der Waals surface area contributed by atoms with Gasteiger partial charge in [-0.3, -0.25) is 0 Å². The topological polar surface area (TPSA) is 0 Å². The average molecular weight is 250 g/mol. The van der Waals surface area contributed by atoms with E-state index in [1.807, 2.05) is 0 Å². The Morgan fingerprint density at radius 2 is 2.67 bits per heavy atom. The van der Waals surface area contributed by atoms with Gasteiger partial charge in [0.2, 0.25) is 0 Å². The summed E-state index contributed by atoms with van der Waals surface area (Å²) in [7, 11) is 0. The van der Waals surface area contributed by atoms with Crippen molar-refractivity contribution in [2.24, 2.45) is 0 Å². The summed E-state index contributed by atoms with van der Waals surface area (Å²) in [5.41, 5.74) is 0. The van der Waals surface area contributed by atoms with Gasteiger partial charge in [0.15, 0.2) is 0 Å². The molecule has 1 rings (SSSR count). The van der Waals surface area contributed by atoms with Crippen molar-refractivity contribution in [2.75, 3.05) is 0 Å². The molecule has 1 aliphatic rings. The molecule has 0 saturated carbocycles. The zero-order valence-electron chi connectivity index (χ0n) is 7.39. The Balaban J connectivity index is -0.0000000450. The van der Waals surface area contributed by atoms with Gasteiger partial charge in [-0.2, -0.15) is 0 Å². The molecule has 0 bridgehead atoms. The molecule has 0 saturated heterocycles. The maximum absolute atomic E-state index is 2.19. The minimum atomic E-state index is 0. The first kappa shape index (κ1) is 4.38. The van der Waals surface area contributed by atoms with E-state index < -0.39 is 0 Å². The first-order valence-corrected chi connectivity index (χ1v) is 3.55. The van der Waals surface area contributed by atoms with Gasteiger partial charge in [0.1, 0.15) is 0 Å². The van der Waals surface area contributed by atoms with Crippen LogP contribution in [-0.2, 0) is 21.1 Å². The van der Waals surface area contributed by atoms with Crippen molar-refractivity contribution in [3.63, 3.8) is 0 Å². The van der Waals surface area contributed by atoms with E-state index in [9.17, 15) is 0 Å². The number of rotatable bonds is 0. The first-order chi connectivity index (χ1) is 2.89. The van der Waals surface area contributed by atoms with Crippen LogP contribution in [0.3, 0.4) is 0 Å². The van der Waals surface area contributed by atoms with Crippen molar-refractivity contribution in [3.05, 3.63) is 22.0 Å². The van der Waals surface area contributed by atoms with Gasteiger partial charge in [-0.05, 0) is 0 Å². The molecule has 0 amide bonds. The van der Waals surface area contributed by atoms with E-state index in [0.717, 1.165) is 0 Å². The molecule has 0 spiro atoms. The Morgan fingerprint density at radius 1 is 1.83 bits per heavy atom. The Labute approximate surface area is 55.8 Å². The summed E-state index contributed by atoms with van der Waals surface area (Å²) in [5, 5.41) is 0. The van der Waals surface area contributed by atoms with Crippen LogP contribution >= 0.6 is 0 Å². The van der Waals surface area contributed by atoms with Crippen molar-refractivity contribution in [3.8, 4) is 0 Å². The predicted octanol–water partition coefficient (Wildman–Crippen LogP) is 1.83. The van der Waals surface area contributed by atoms with Crippen LogP contribution in [0.5, 0.6) is 0 Å². The molecule has 0 unspecified atom stereocenters. The quantitative estimate of drug-likeness (QED) is 0.615. The molecule has 0 aromatic rings. The zero-order chi connectivity index (χ0) is 4.41. The van der Waals surface area contributed by atoms with Gasteiger partial charge < -0.3 is 5.71 Å². The maximum atomic E-state index is 2.19. The van der Waals surface area contributed by atoms with Crippen LogP contribution in [0.15, 0.2) is 22.0 Å². The van der Waals surface area contributed by atoms with Gasteiger partial charge in [0.25, 0.3) is 0 Å². The van der Waals surface area contributed by atoms with Gasteiger partial charge in [0.05, 0.1) is 0 Å². The van der Waals surface area contributed by atoms with Crippen LogP contribution in [0, 0.1) is 0 Å². The standard InChI is InChI=1S/C5H5.Ta.4H/c1-2-4-5-3-1;;;;;/h1-3H,4H2;;;;;/q;+4;4*-1. The molecular weight excluding hydrogens is 241 g/mol. The molecule has 0 heterocycles. The summed E-state index contributed by atoms with van der Waals surface area (Å²) in [6.45, 7) is 0. The third-order valence-corrected chi connectivity index (χ3v) is 1.94. The monoisotopic (exact) mass is 250 g/mol. The predicted molar refractivity (Wildman–Crippen MR) is 26.3 cm³/mol. The molecule has 0 aromatic heterocycles. The van der Waals surface area contributed by atoms with Gasteiger partial charge >= 0.3 is 49.5 Å². The van der Waals surface area contributed by atoms with E-state index >= 15 is 0 Å². The van der Waals surface area contributed by atoms with Gasteiger partial charge in [0, 0.05) is 0 Å². The van der Waals surface area contributed by atoms with Crippen molar-refractivity contribution in [1.82, 2.24) is 0 Å². The molecule has 0 fully saturated rings. The normalized spacial score (nSPS) is 18.7. The van der Waals surface area contributed by atoms with E-state index in [2.05, 4.69) is 18.2 Å². The molecule has 0 aromatic carbocycles. The van der Waals surface area contributed by atoms with Crippen LogP contribution < -0.4 is 0 Å². The molecule has 1 heteroatoms. The summed E-state index contributed by atoms with van der Waals surface area (Å²) < 4.78 is 1.58. The molecule has 6 heavy (non-hydrogen) atoms. The van der Waals surface area contributed by atoms with Gasteiger partial charge in [-0.15, -0.1) is 0 Å². The van der Waals surface area contributed by atoms with E-state index in [-0.39, 0.29) is 5.71 Å². The van der Waals surface area contributed by atoms with Crippen LogP contribution in [-0.4, -0.2) is 0 Å². The fourth-order valence-electron chi connectivity index (χ4n) is 0.436. The second-order valence-corrected chi connectivity index (χ2v) is 3.35. The SMILES string of the molecule is [H-].[H-].[H-].[H-].[Ta+4][C]1=CC=CC1. The minimum absolute atomic E-state index is 0. The molecular formula is C5H9Ta. The molecule has 0 N–H and O–H groups in total. The second-order valence-electron chi connectivity index (χ2n) is 1.29. The van der Waals surface area contributed by atoms with Crippen LogP contribution in [0.1, 0.15) is 12.1 Å². The Bertz CT molecular complexity index is 110. The molecule has 0 aliphatic heterocycles. The first-order valence-electron chi connectivity index (χ1n) is 1.94. The van der Waals surface area contributed by atoms with E-state index in [1.54, 1.807) is 3.79 Å². The van der Waals surface area contributed by atoms with Crippen molar-refractivity contribution < 1.29 is 26.8 Å². The van der Waals surface area contributed by atoms with Crippen molar-refractivity contribution >= 4 is 0 Å². The van der Waals surface area contributed by atoms with E-state index in [1.165, 1.54) is 27.5 Å². The van der Waals surface area contributed by atoms with Gasteiger partial charge in [-0.25, -0.2) is 0 Å².